The number of aryl methyl sites for hydroxylation is 2. The van der Waals surface area contributed by atoms with Gasteiger partial charge in [0, 0.05) is 36.7 Å². The van der Waals surface area contributed by atoms with Crippen molar-refractivity contribution in [3.63, 3.8) is 0 Å². The molecule has 1 N–H and O–H groups in total. The zero-order valence-electron chi connectivity index (χ0n) is 10.3. The summed E-state index contributed by atoms with van der Waals surface area (Å²) >= 11 is 0. The topological polar surface area (TPSA) is 55.6 Å². The molecule has 0 aliphatic heterocycles. The molecule has 0 aromatic carbocycles. The predicted octanol–water partition coefficient (Wildman–Crippen LogP) is 1.66. The smallest absolute Gasteiger partial charge is 0.132 e. The first kappa shape index (κ1) is 11.2. The van der Waals surface area contributed by atoms with Gasteiger partial charge in [0.2, 0.25) is 0 Å². The fourth-order valence-electron chi connectivity index (χ4n) is 2.39. The third-order valence-corrected chi connectivity index (χ3v) is 3.29. The number of fused-ring (bicyclic) bond motifs is 1. The van der Waals surface area contributed by atoms with Gasteiger partial charge in [-0.1, -0.05) is 0 Å². The molecule has 1 aliphatic carbocycles. The van der Waals surface area contributed by atoms with Gasteiger partial charge in [-0.2, -0.15) is 5.10 Å². The number of aromatic nitrogens is 4. The lowest BCUT2D eigenvalue weighted by Gasteiger charge is -2.09. The van der Waals surface area contributed by atoms with Crippen molar-refractivity contribution in [3.05, 3.63) is 36.0 Å². The van der Waals surface area contributed by atoms with Gasteiger partial charge in [-0.05, 0) is 31.7 Å². The van der Waals surface area contributed by atoms with Gasteiger partial charge in [0.15, 0.2) is 0 Å². The number of anilines is 1. The fourth-order valence-corrected chi connectivity index (χ4v) is 2.39. The van der Waals surface area contributed by atoms with Gasteiger partial charge < -0.3 is 5.32 Å². The SMILES string of the molecule is c1cnn(CCCNc2ncnc3c2CCC3)c1. The Kier molecular flexibility index (Phi) is 3.21. The maximum absolute atomic E-state index is 4.34. The maximum atomic E-state index is 4.34. The van der Waals surface area contributed by atoms with E-state index in [0.29, 0.717) is 0 Å². The van der Waals surface area contributed by atoms with E-state index in [1.54, 1.807) is 6.33 Å². The maximum Gasteiger partial charge on any atom is 0.132 e. The molecular weight excluding hydrogens is 226 g/mol. The highest BCUT2D eigenvalue weighted by molar-refractivity contribution is 5.47. The quantitative estimate of drug-likeness (QED) is 0.811. The molecule has 2 aromatic rings. The minimum absolute atomic E-state index is 0.920. The summed E-state index contributed by atoms with van der Waals surface area (Å²) in [5, 5.41) is 7.60. The first-order valence-electron chi connectivity index (χ1n) is 6.47. The summed E-state index contributed by atoms with van der Waals surface area (Å²) in [6.07, 6.45) is 9.92. The Balaban J connectivity index is 1.53. The predicted molar refractivity (Wildman–Crippen MR) is 69.4 cm³/mol. The van der Waals surface area contributed by atoms with Gasteiger partial charge in [-0.15, -0.1) is 0 Å². The summed E-state index contributed by atoms with van der Waals surface area (Å²) in [5.41, 5.74) is 2.54. The van der Waals surface area contributed by atoms with Crippen molar-refractivity contribution in [1.82, 2.24) is 19.7 Å². The van der Waals surface area contributed by atoms with E-state index in [0.717, 1.165) is 38.2 Å². The Hall–Kier alpha value is -1.91. The third kappa shape index (κ3) is 2.34. The van der Waals surface area contributed by atoms with E-state index >= 15 is 0 Å². The average molecular weight is 243 g/mol. The first-order valence-corrected chi connectivity index (χ1v) is 6.47. The zero-order chi connectivity index (χ0) is 12.2. The van der Waals surface area contributed by atoms with Crippen molar-refractivity contribution in [2.75, 3.05) is 11.9 Å². The van der Waals surface area contributed by atoms with Crippen LogP contribution in [0.2, 0.25) is 0 Å². The van der Waals surface area contributed by atoms with Crippen LogP contribution in [0, 0.1) is 0 Å². The Morgan fingerprint density at radius 3 is 3.17 bits per heavy atom. The third-order valence-electron chi connectivity index (χ3n) is 3.29. The van der Waals surface area contributed by atoms with Gasteiger partial charge in [0.25, 0.3) is 0 Å². The second-order valence-electron chi connectivity index (χ2n) is 4.55. The van der Waals surface area contributed by atoms with Crippen LogP contribution in [-0.4, -0.2) is 26.3 Å². The molecule has 0 unspecified atom stereocenters. The van der Waals surface area contributed by atoms with Gasteiger partial charge >= 0.3 is 0 Å². The van der Waals surface area contributed by atoms with E-state index in [1.165, 1.54) is 17.7 Å². The van der Waals surface area contributed by atoms with E-state index in [1.807, 2.05) is 23.1 Å². The molecule has 0 spiro atoms. The number of nitrogens with one attached hydrogen (secondary N) is 1. The molecule has 0 fully saturated rings. The summed E-state index contributed by atoms with van der Waals surface area (Å²) < 4.78 is 1.95. The highest BCUT2D eigenvalue weighted by Crippen LogP contribution is 2.24. The van der Waals surface area contributed by atoms with Crippen LogP contribution in [-0.2, 0) is 19.4 Å². The molecule has 3 rings (SSSR count). The standard InChI is InChI=1S/C13H17N5/c1-4-11-12(5-1)15-10-16-13(11)14-6-2-8-18-9-3-7-17-18/h3,7,9-10H,1-2,4-6,8H2,(H,14,15,16). The van der Waals surface area contributed by atoms with Crippen LogP contribution in [0.25, 0.3) is 0 Å². The van der Waals surface area contributed by atoms with Crippen LogP contribution in [0.4, 0.5) is 5.82 Å². The normalized spacial score (nSPS) is 13.6. The summed E-state index contributed by atoms with van der Waals surface area (Å²) in [4.78, 5) is 8.66. The van der Waals surface area contributed by atoms with Crippen molar-refractivity contribution >= 4 is 5.82 Å². The molecule has 0 saturated carbocycles. The van der Waals surface area contributed by atoms with Crippen LogP contribution in [0.3, 0.4) is 0 Å². The Labute approximate surface area is 106 Å². The van der Waals surface area contributed by atoms with E-state index in [4.69, 9.17) is 0 Å². The zero-order valence-corrected chi connectivity index (χ0v) is 10.3. The first-order chi connectivity index (χ1) is 8.93. The number of hydrogen-bond donors (Lipinski definition) is 1. The average Bonchev–Trinajstić information content (AvgIpc) is 3.05. The van der Waals surface area contributed by atoms with E-state index in [2.05, 4.69) is 20.4 Å². The highest BCUT2D eigenvalue weighted by Gasteiger charge is 2.16. The molecule has 0 saturated heterocycles. The molecular formula is C13H17N5. The van der Waals surface area contributed by atoms with Crippen molar-refractivity contribution < 1.29 is 0 Å². The van der Waals surface area contributed by atoms with Crippen molar-refractivity contribution in [3.8, 4) is 0 Å². The van der Waals surface area contributed by atoms with Crippen molar-refractivity contribution in [2.24, 2.45) is 0 Å². The summed E-state index contributed by atoms with van der Waals surface area (Å²) in [7, 11) is 0. The molecule has 0 amide bonds. The lowest BCUT2D eigenvalue weighted by molar-refractivity contribution is 0.591. The van der Waals surface area contributed by atoms with Gasteiger partial charge in [0.1, 0.15) is 12.1 Å². The Morgan fingerprint density at radius 1 is 1.28 bits per heavy atom. The molecule has 0 bridgehead atoms. The van der Waals surface area contributed by atoms with Crippen LogP contribution in [0.1, 0.15) is 24.1 Å². The second kappa shape index (κ2) is 5.16. The van der Waals surface area contributed by atoms with Gasteiger partial charge in [0.05, 0.1) is 0 Å². The number of nitrogens with zero attached hydrogens (tertiary/aromatic N) is 4. The molecule has 18 heavy (non-hydrogen) atoms. The lowest BCUT2D eigenvalue weighted by atomic mass is 10.2. The van der Waals surface area contributed by atoms with Crippen LogP contribution >= 0.6 is 0 Å². The molecule has 0 atom stereocenters. The molecule has 5 heteroatoms. The molecule has 2 aromatic heterocycles. The fraction of sp³-hybridized carbons (Fsp3) is 0.462. The Morgan fingerprint density at radius 2 is 2.28 bits per heavy atom. The monoisotopic (exact) mass is 243 g/mol. The summed E-state index contributed by atoms with van der Waals surface area (Å²) in [6, 6.07) is 1.95. The molecule has 0 radical (unpaired) electrons. The highest BCUT2D eigenvalue weighted by atomic mass is 15.3. The van der Waals surface area contributed by atoms with Crippen molar-refractivity contribution in [2.45, 2.75) is 32.2 Å². The van der Waals surface area contributed by atoms with Crippen molar-refractivity contribution in [1.29, 1.82) is 0 Å². The molecule has 5 nitrogen and oxygen atoms in total. The van der Waals surface area contributed by atoms with Crippen LogP contribution in [0.15, 0.2) is 24.8 Å². The second-order valence-corrected chi connectivity index (χ2v) is 4.55. The number of hydrogen-bond acceptors (Lipinski definition) is 4. The molecule has 1 aliphatic rings. The van der Waals surface area contributed by atoms with E-state index in [-0.39, 0.29) is 0 Å². The Bertz CT molecular complexity index is 506. The van der Waals surface area contributed by atoms with E-state index in [9.17, 15) is 0 Å². The summed E-state index contributed by atoms with van der Waals surface area (Å²) in [6.45, 7) is 1.86. The molecule has 94 valence electrons. The lowest BCUT2D eigenvalue weighted by Crippen LogP contribution is -2.10. The van der Waals surface area contributed by atoms with Crippen LogP contribution < -0.4 is 5.32 Å². The van der Waals surface area contributed by atoms with Gasteiger partial charge in [-0.25, -0.2) is 9.97 Å². The van der Waals surface area contributed by atoms with E-state index < -0.39 is 0 Å². The number of rotatable bonds is 5. The molecule has 2 heterocycles. The largest absolute Gasteiger partial charge is 0.370 e. The minimum Gasteiger partial charge on any atom is -0.370 e. The van der Waals surface area contributed by atoms with Crippen LogP contribution in [0.5, 0.6) is 0 Å². The van der Waals surface area contributed by atoms with Gasteiger partial charge in [-0.3, -0.25) is 4.68 Å². The summed E-state index contributed by atoms with van der Waals surface area (Å²) in [5.74, 6) is 1.03. The minimum atomic E-state index is 0.920.